The number of anilines is 2. The highest BCUT2D eigenvalue weighted by Crippen LogP contribution is 2.14. The second-order valence-electron chi connectivity index (χ2n) is 5.69. The van der Waals surface area contributed by atoms with Gasteiger partial charge in [0.2, 0.25) is 5.91 Å². The van der Waals surface area contributed by atoms with Crippen molar-refractivity contribution in [3.05, 3.63) is 24.3 Å². The van der Waals surface area contributed by atoms with Crippen LogP contribution in [0.5, 0.6) is 0 Å². The molecule has 2 N–H and O–H groups in total. The van der Waals surface area contributed by atoms with Gasteiger partial charge in [0.05, 0.1) is 6.61 Å². The van der Waals surface area contributed by atoms with Crippen molar-refractivity contribution in [2.24, 2.45) is 0 Å². The van der Waals surface area contributed by atoms with Crippen LogP contribution in [0.3, 0.4) is 0 Å². The highest BCUT2D eigenvalue weighted by Gasteiger charge is 2.28. The molecular weight excluding hydrogens is 340 g/mol. The predicted octanol–water partition coefficient (Wildman–Crippen LogP) is 0.884. The van der Waals surface area contributed by atoms with Crippen molar-refractivity contribution < 1.29 is 23.9 Å². The molecule has 4 amide bonds. The number of hydrogen-bond acceptors (Lipinski definition) is 5. The van der Waals surface area contributed by atoms with Gasteiger partial charge < -0.3 is 25.2 Å². The molecule has 1 aliphatic rings. The lowest BCUT2D eigenvalue weighted by atomic mass is 10.2. The summed E-state index contributed by atoms with van der Waals surface area (Å²) in [5.41, 5.74) is 1.04. The maximum absolute atomic E-state index is 12.2. The van der Waals surface area contributed by atoms with E-state index in [2.05, 4.69) is 10.6 Å². The molecule has 0 aromatic heterocycles. The van der Waals surface area contributed by atoms with E-state index in [1.807, 2.05) is 0 Å². The lowest BCUT2D eigenvalue weighted by Crippen LogP contribution is -2.53. The van der Waals surface area contributed by atoms with Gasteiger partial charge in [-0.2, -0.15) is 0 Å². The lowest BCUT2D eigenvalue weighted by Gasteiger charge is -2.33. The number of amides is 4. The van der Waals surface area contributed by atoms with Crippen LogP contribution in [0.25, 0.3) is 0 Å². The van der Waals surface area contributed by atoms with Gasteiger partial charge >= 0.3 is 17.9 Å². The van der Waals surface area contributed by atoms with Crippen molar-refractivity contribution in [3.8, 4) is 0 Å². The molecule has 0 saturated carbocycles. The van der Waals surface area contributed by atoms with Crippen LogP contribution >= 0.6 is 0 Å². The van der Waals surface area contributed by atoms with Crippen LogP contribution in [0.1, 0.15) is 13.8 Å². The fourth-order valence-corrected chi connectivity index (χ4v) is 2.48. The number of piperazine rings is 1. The van der Waals surface area contributed by atoms with Gasteiger partial charge in [-0.3, -0.25) is 14.4 Å². The van der Waals surface area contributed by atoms with Gasteiger partial charge in [-0.25, -0.2) is 4.79 Å². The molecule has 1 aliphatic heterocycles. The monoisotopic (exact) mass is 362 g/mol. The Kier molecular flexibility index (Phi) is 6.54. The van der Waals surface area contributed by atoms with Crippen LogP contribution in [-0.4, -0.2) is 66.4 Å². The van der Waals surface area contributed by atoms with E-state index in [1.165, 1.54) is 16.7 Å². The Bertz CT molecular complexity index is 681. The highest BCUT2D eigenvalue weighted by molar-refractivity contribution is 6.39. The number of hydrogen-bond donors (Lipinski definition) is 2. The summed E-state index contributed by atoms with van der Waals surface area (Å²) in [6, 6.07) is 6.43. The summed E-state index contributed by atoms with van der Waals surface area (Å²) in [6.45, 7) is 4.60. The second-order valence-corrected chi connectivity index (χ2v) is 5.69. The topological polar surface area (TPSA) is 108 Å². The maximum Gasteiger partial charge on any atom is 0.409 e. The zero-order valence-electron chi connectivity index (χ0n) is 14.8. The van der Waals surface area contributed by atoms with E-state index in [1.54, 1.807) is 31.2 Å². The molecule has 0 radical (unpaired) electrons. The first-order valence-corrected chi connectivity index (χ1v) is 8.30. The first kappa shape index (κ1) is 19.2. The molecule has 26 heavy (non-hydrogen) atoms. The van der Waals surface area contributed by atoms with Crippen molar-refractivity contribution in [3.63, 3.8) is 0 Å². The molecular formula is C17H22N4O5. The van der Waals surface area contributed by atoms with E-state index in [9.17, 15) is 19.2 Å². The maximum atomic E-state index is 12.2. The van der Waals surface area contributed by atoms with Gasteiger partial charge in [-0.1, -0.05) is 0 Å². The van der Waals surface area contributed by atoms with Gasteiger partial charge in [0.1, 0.15) is 0 Å². The van der Waals surface area contributed by atoms with Crippen molar-refractivity contribution >= 4 is 35.2 Å². The Labute approximate surface area is 151 Å². The quantitative estimate of drug-likeness (QED) is 0.776. The summed E-state index contributed by atoms with van der Waals surface area (Å²) >= 11 is 0. The van der Waals surface area contributed by atoms with E-state index >= 15 is 0 Å². The highest BCUT2D eigenvalue weighted by atomic mass is 16.6. The third-order valence-corrected chi connectivity index (χ3v) is 3.75. The van der Waals surface area contributed by atoms with Crippen LogP contribution < -0.4 is 10.6 Å². The minimum absolute atomic E-state index is 0.195. The van der Waals surface area contributed by atoms with Crippen LogP contribution in [0.2, 0.25) is 0 Å². The summed E-state index contributed by atoms with van der Waals surface area (Å²) in [7, 11) is 0. The van der Waals surface area contributed by atoms with E-state index in [4.69, 9.17) is 4.74 Å². The van der Waals surface area contributed by atoms with Gasteiger partial charge in [0, 0.05) is 44.5 Å². The van der Waals surface area contributed by atoms with E-state index in [-0.39, 0.29) is 19.0 Å². The Hall–Kier alpha value is -3.10. The Morgan fingerprint density at radius 1 is 0.923 bits per heavy atom. The molecule has 9 nitrogen and oxygen atoms in total. The molecule has 0 spiro atoms. The summed E-state index contributed by atoms with van der Waals surface area (Å²) in [5.74, 6) is -1.60. The predicted molar refractivity (Wildman–Crippen MR) is 94.6 cm³/mol. The summed E-state index contributed by atoms with van der Waals surface area (Å²) in [6.07, 6.45) is -0.414. The number of nitrogens with one attached hydrogen (secondary N) is 2. The molecule has 1 aromatic rings. The fraction of sp³-hybridized carbons (Fsp3) is 0.412. The number of ether oxygens (including phenoxy) is 1. The van der Waals surface area contributed by atoms with Crippen LogP contribution in [0, 0.1) is 0 Å². The van der Waals surface area contributed by atoms with Gasteiger partial charge in [0.15, 0.2) is 0 Å². The number of carbonyl (C=O) groups excluding carboxylic acids is 4. The molecule has 1 heterocycles. The van der Waals surface area contributed by atoms with Crippen LogP contribution in [-0.2, 0) is 19.1 Å². The van der Waals surface area contributed by atoms with Gasteiger partial charge in [-0.05, 0) is 31.2 Å². The van der Waals surface area contributed by atoms with Crippen molar-refractivity contribution in [2.75, 3.05) is 43.4 Å². The molecule has 1 saturated heterocycles. The van der Waals surface area contributed by atoms with Crippen LogP contribution in [0.4, 0.5) is 16.2 Å². The number of nitrogens with zero attached hydrogens (tertiary/aromatic N) is 2. The third-order valence-electron chi connectivity index (χ3n) is 3.75. The molecule has 0 bridgehead atoms. The number of carbonyl (C=O) groups is 4. The first-order chi connectivity index (χ1) is 12.4. The molecule has 1 aromatic carbocycles. The Morgan fingerprint density at radius 3 is 1.92 bits per heavy atom. The molecule has 0 aliphatic carbocycles. The largest absolute Gasteiger partial charge is 0.450 e. The molecule has 0 atom stereocenters. The summed E-state index contributed by atoms with van der Waals surface area (Å²) in [5, 5.41) is 5.14. The van der Waals surface area contributed by atoms with Gasteiger partial charge in [-0.15, -0.1) is 0 Å². The minimum atomic E-state index is -0.748. The normalized spacial score (nSPS) is 13.8. The Morgan fingerprint density at radius 2 is 1.42 bits per heavy atom. The lowest BCUT2D eigenvalue weighted by molar-refractivity contribution is -0.144. The van der Waals surface area contributed by atoms with E-state index in [0.29, 0.717) is 31.1 Å². The Balaban J connectivity index is 1.85. The number of rotatable bonds is 3. The average molecular weight is 362 g/mol. The minimum Gasteiger partial charge on any atom is -0.450 e. The van der Waals surface area contributed by atoms with Crippen molar-refractivity contribution in [1.29, 1.82) is 0 Å². The van der Waals surface area contributed by atoms with Crippen LogP contribution in [0.15, 0.2) is 24.3 Å². The SMILES string of the molecule is CCOC(=O)N1CCN(C(=O)C(=O)Nc2ccc(NC(C)=O)cc2)CC1. The zero-order valence-corrected chi connectivity index (χ0v) is 14.8. The van der Waals surface area contributed by atoms with Crippen molar-refractivity contribution in [2.45, 2.75) is 13.8 Å². The molecule has 2 rings (SSSR count). The second kappa shape index (κ2) is 8.84. The van der Waals surface area contributed by atoms with Gasteiger partial charge in [0.25, 0.3) is 0 Å². The van der Waals surface area contributed by atoms with Crippen molar-refractivity contribution in [1.82, 2.24) is 9.80 Å². The summed E-state index contributed by atoms with van der Waals surface area (Å²) < 4.78 is 4.92. The fourth-order valence-electron chi connectivity index (χ4n) is 2.48. The summed E-state index contributed by atoms with van der Waals surface area (Å²) in [4.78, 5) is 49.9. The average Bonchev–Trinajstić information content (AvgIpc) is 2.62. The molecule has 0 unspecified atom stereocenters. The zero-order chi connectivity index (χ0) is 19.1. The molecule has 140 valence electrons. The van der Waals surface area contributed by atoms with E-state index < -0.39 is 17.9 Å². The first-order valence-electron chi connectivity index (χ1n) is 8.30. The smallest absolute Gasteiger partial charge is 0.409 e. The molecule has 9 heteroatoms. The number of benzene rings is 1. The standard InChI is InChI=1S/C17H22N4O5/c1-3-26-17(25)21-10-8-20(9-11-21)16(24)15(23)19-14-6-4-13(5-7-14)18-12(2)22/h4-7H,3,8-11H2,1-2H3,(H,18,22)(H,19,23). The third kappa shape index (κ3) is 5.20. The molecule has 1 fully saturated rings. The van der Waals surface area contributed by atoms with E-state index in [0.717, 1.165) is 0 Å².